The standard InChI is InChI=1S/C27H28N4O3/c1-27(2,3)34-26(32)31-15-7-10-23(31)22-16-19-17-28-30-25(19)24(29-22)18-11-13-21(14-12-18)33-20-8-5-4-6-9-20/h4-6,8-9,11-14,16-17,23H,7,10,15H2,1-3H3,(H,28,30). The molecule has 1 N–H and O–H groups in total. The van der Waals surface area contributed by atoms with Gasteiger partial charge in [-0.05, 0) is 76.1 Å². The summed E-state index contributed by atoms with van der Waals surface area (Å²) in [6.45, 7) is 6.31. The van der Waals surface area contributed by atoms with Crippen molar-refractivity contribution in [1.29, 1.82) is 0 Å². The van der Waals surface area contributed by atoms with Gasteiger partial charge in [0, 0.05) is 17.5 Å². The van der Waals surface area contributed by atoms with Crippen molar-refractivity contribution < 1.29 is 14.3 Å². The molecule has 174 valence electrons. The number of hydrogen-bond acceptors (Lipinski definition) is 5. The van der Waals surface area contributed by atoms with Gasteiger partial charge in [-0.2, -0.15) is 5.10 Å². The summed E-state index contributed by atoms with van der Waals surface area (Å²) in [5, 5.41) is 8.27. The molecule has 2 aromatic carbocycles. The quantitative estimate of drug-likeness (QED) is 0.380. The Morgan fingerprint density at radius 2 is 1.79 bits per heavy atom. The summed E-state index contributed by atoms with van der Waals surface area (Å²) in [7, 11) is 0. The average Bonchev–Trinajstić information content (AvgIpc) is 3.48. The molecule has 7 heteroatoms. The smallest absolute Gasteiger partial charge is 0.410 e. The van der Waals surface area contributed by atoms with Gasteiger partial charge >= 0.3 is 6.09 Å². The van der Waals surface area contributed by atoms with Gasteiger partial charge in [-0.15, -0.1) is 0 Å². The summed E-state index contributed by atoms with van der Waals surface area (Å²) in [6.07, 6.45) is 3.26. The third-order valence-corrected chi connectivity index (χ3v) is 5.78. The number of aromatic nitrogens is 3. The van der Waals surface area contributed by atoms with Gasteiger partial charge in [-0.3, -0.25) is 10.00 Å². The average molecular weight is 457 g/mol. The van der Waals surface area contributed by atoms with Crippen LogP contribution in [0.4, 0.5) is 4.79 Å². The van der Waals surface area contributed by atoms with Crippen LogP contribution in [0.5, 0.6) is 11.5 Å². The fourth-order valence-electron chi connectivity index (χ4n) is 4.27. The Labute approximate surface area is 198 Å². The van der Waals surface area contributed by atoms with Gasteiger partial charge in [0.05, 0.1) is 29.1 Å². The fourth-order valence-corrected chi connectivity index (χ4v) is 4.27. The number of hydrogen-bond donors (Lipinski definition) is 1. The number of fused-ring (bicyclic) bond motifs is 1. The predicted molar refractivity (Wildman–Crippen MR) is 131 cm³/mol. The number of nitrogens with zero attached hydrogens (tertiary/aromatic N) is 3. The third kappa shape index (κ3) is 4.59. The zero-order valence-electron chi connectivity index (χ0n) is 19.6. The van der Waals surface area contributed by atoms with E-state index in [0.29, 0.717) is 6.54 Å². The Morgan fingerprint density at radius 3 is 2.53 bits per heavy atom. The van der Waals surface area contributed by atoms with Crippen LogP contribution in [0.1, 0.15) is 45.3 Å². The molecule has 0 radical (unpaired) electrons. The minimum absolute atomic E-state index is 0.131. The second-order valence-electron chi connectivity index (χ2n) is 9.50. The minimum Gasteiger partial charge on any atom is -0.457 e. The zero-order valence-corrected chi connectivity index (χ0v) is 19.6. The summed E-state index contributed by atoms with van der Waals surface area (Å²) in [6, 6.07) is 19.4. The molecule has 1 aliphatic heterocycles. The van der Waals surface area contributed by atoms with E-state index in [1.54, 1.807) is 11.1 Å². The lowest BCUT2D eigenvalue weighted by molar-refractivity contribution is 0.0221. The number of ether oxygens (including phenoxy) is 2. The monoisotopic (exact) mass is 456 g/mol. The van der Waals surface area contributed by atoms with Crippen molar-refractivity contribution in [2.24, 2.45) is 0 Å². The molecule has 0 bridgehead atoms. The van der Waals surface area contributed by atoms with Gasteiger partial charge in [0.2, 0.25) is 0 Å². The van der Waals surface area contributed by atoms with Crippen molar-refractivity contribution in [3.63, 3.8) is 0 Å². The van der Waals surface area contributed by atoms with Gasteiger partial charge < -0.3 is 9.47 Å². The molecule has 3 heterocycles. The molecule has 7 nitrogen and oxygen atoms in total. The van der Waals surface area contributed by atoms with Gasteiger partial charge in [0.1, 0.15) is 17.1 Å². The van der Waals surface area contributed by atoms with Crippen LogP contribution in [0.15, 0.2) is 66.9 Å². The lowest BCUT2D eigenvalue weighted by Crippen LogP contribution is -2.36. The minimum atomic E-state index is -0.541. The normalized spacial score (nSPS) is 16.1. The molecule has 4 aromatic rings. The van der Waals surface area contributed by atoms with Crippen molar-refractivity contribution in [3.05, 3.63) is 72.6 Å². The number of H-pyrrole nitrogens is 1. The molecule has 34 heavy (non-hydrogen) atoms. The first kappa shape index (κ1) is 21.9. The van der Waals surface area contributed by atoms with Crippen molar-refractivity contribution in [3.8, 4) is 22.8 Å². The largest absolute Gasteiger partial charge is 0.457 e. The van der Waals surface area contributed by atoms with Crippen molar-refractivity contribution in [1.82, 2.24) is 20.1 Å². The van der Waals surface area contributed by atoms with Crippen LogP contribution < -0.4 is 4.74 Å². The first-order chi connectivity index (χ1) is 16.4. The first-order valence-corrected chi connectivity index (χ1v) is 11.5. The molecule has 1 atom stereocenters. The molecule has 0 aliphatic carbocycles. The van der Waals surface area contributed by atoms with Crippen LogP contribution in [-0.4, -0.2) is 38.3 Å². The van der Waals surface area contributed by atoms with Gasteiger partial charge in [-0.25, -0.2) is 9.78 Å². The maximum absolute atomic E-state index is 12.8. The summed E-state index contributed by atoms with van der Waals surface area (Å²) in [4.78, 5) is 19.6. The maximum Gasteiger partial charge on any atom is 0.410 e. The van der Waals surface area contributed by atoms with E-state index in [0.717, 1.165) is 52.2 Å². The predicted octanol–water partition coefficient (Wildman–Crippen LogP) is 6.49. The van der Waals surface area contributed by atoms with Crippen LogP contribution in [0, 0.1) is 0 Å². The summed E-state index contributed by atoms with van der Waals surface area (Å²) >= 11 is 0. The molecule has 1 unspecified atom stereocenters. The molecule has 0 saturated carbocycles. The first-order valence-electron chi connectivity index (χ1n) is 11.5. The third-order valence-electron chi connectivity index (χ3n) is 5.78. The second kappa shape index (κ2) is 8.82. The number of pyridine rings is 1. The Bertz CT molecular complexity index is 1290. The summed E-state index contributed by atoms with van der Waals surface area (Å²) in [5.41, 5.74) is 2.91. The molecule has 5 rings (SSSR count). The van der Waals surface area contributed by atoms with Crippen molar-refractivity contribution in [2.75, 3.05) is 6.54 Å². The molecular formula is C27H28N4O3. The Balaban J connectivity index is 1.46. The number of benzene rings is 2. The number of nitrogens with one attached hydrogen (secondary N) is 1. The molecule has 1 saturated heterocycles. The van der Waals surface area contributed by atoms with E-state index in [2.05, 4.69) is 10.2 Å². The molecule has 1 amide bonds. The Kier molecular flexibility index (Phi) is 5.69. The van der Waals surface area contributed by atoms with E-state index < -0.39 is 5.60 Å². The fraction of sp³-hybridized carbons (Fsp3) is 0.296. The Hall–Kier alpha value is -3.87. The highest BCUT2D eigenvalue weighted by Gasteiger charge is 2.34. The maximum atomic E-state index is 12.8. The van der Waals surface area contributed by atoms with Crippen LogP contribution in [0.2, 0.25) is 0 Å². The lowest BCUT2D eigenvalue weighted by Gasteiger charge is -2.28. The SMILES string of the molecule is CC(C)(C)OC(=O)N1CCCC1c1cc2cn[nH]c2c(-c2ccc(Oc3ccccc3)cc2)n1. The number of para-hydroxylation sites is 1. The molecule has 0 spiro atoms. The topological polar surface area (TPSA) is 80.3 Å². The molecule has 1 fully saturated rings. The highest BCUT2D eigenvalue weighted by atomic mass is 16.6. The van der Waals surface area contributed by atoms with Gasteiger partial charge in [0.25, 0.3) is 0 Å². The Morgan fingerprint density at radius 1 is 1.06 bits per heavy atom. The number of likely N-dealkylation sites (tertiary alicyclic amines) is 1. The van der Waals surface area contributed by atoms with Crippen LogP contribution in [0.25, 0.3) is 22.2 Å². The molecule has 1 aliphatic rings. The number of rotatable bonds is 4. The highest BCUT2D eigenvalue weighted by molar-refractivity contribution is 5.91. The number of amides is 1. The van der Waals surface area contributed by atoms with E-state index in [-0.39, 0.29) is 12.1 Å². The van der Waals surface area contributed by atoms with Gasteiger partial charge in [-0.1, -0.05) is 18.2 Å². The van der Waals surface area contributed by atoms with Gasteiger partial charge in [0.15, 0.2) is 0 Å². The highest BCUT2D eigenvalue weighted by Crippen LogP contribution is 2.36. The zero-order chi connectivity index (χ0) is 23.7. The van der Waals surface area contributed by atoms with Crippen molar-refractivity contribution >= 4 is 17.0 Å². The van der Waals surface area contributed by atoms with E-state index in [4.69, 9.17) is 14.5 Å². The number of carbonyl (C=O) groups excluding carboxylic acids is 1. The second-order valence-corrected chi connectivity index (χ2v) is 9.50. The van der Waals surface area contributed by atoms with E-state index in [1.165, 1.54) is 0 Å². The van der Waals surface area contributed by atoms with Crippen molar-refractivity contribution in [2.45, 2.75) is 45.3 Å². The summed E-state index contributed by atoms with van der Waals surface area (Å²) < 4.78 is 11.6. The van der Waals surface area contributed by atoms with Crippen LogP contribution >= 0.6 is 0 Å². The summed E-state index contributed by atoms with van der Waals surface area (Å²) in [5.74, 6) is 1.54. The van der Waals surface area contributed by atoms with Crippen LogP contribution in [-0.2, 0) is 4.74 Å². The van der Waals surface area contributed by atoms with Crippen LogP contribution in [0.3, 0.4) is 0 Å². The van der Waals surface area contributed by atoms with E-state index in [9.17, 15) is 4.79 Å². The molecule has 2 aromatic heterocycles. The number of carbonyl (C=O) groups is 1. The van der Waals surface area contributed by atoms with E-state index >= 15 is 0 Å². The number of aromatic amines is 1. The lowest BCUT2D eigenvalue weighted by atomic mass is 10.0. The molecular weight excluding hydrogens is 428 g/mol. The van der Waals surface area contributed by atoms with E-state index in [1.807, 2.05) is 81.4 Å².